The molecule has 1 aromatic rings. The Labute approximate surface area is 162 Å². The van der Waals surface area contributed by atoms with Gasteiger partial charge in [-0.15, -0.1) is 11.3 Å². The normalized spacial score (nSPS) is 34.6. The number of carbonyl (C=O) groups excluding carboxylic acids is 2. The monoisotopic (exact) mass is 414 g/mol. The van der Waals surface area contributed by atoms with Crippen LogP contribution >= 0.6 is 11.3 Å². The predicted molar refractivity (Wildman–Crippen MR) is 101 cm³/mol. The molecule has 1 heterocycles. The average Bonchev–Trinajstić information content (AvgIpc) is 2.97. The highest BCUT2D eigenvalue weighted by molar-refractivity contribution is 7.88. The number of sulfonamides is 1. The van der Waals surface area contributed by atoms with Crippen LogP contribution in [0.4, 0.5) is 9.39 Å². The summed E-state index contributed by atoms with van der Waals surface area (Å²) in [5.74, 6) is -0.0774. The van der Waals surface area contributed by atoms with Gasteiger partial charge in [-0.3, -0.25) is 9.59 Å². The second kappa shape index (κ2) is 6.35. The summed E-state index contributed by atoms with van der Waals surface area (Å²) in [5, 5.41) is 4.94. The maximum Gasteiger partial charge on any atom is 0.231 e. The lowest BCUT2D eigenvalue weighted by atomic mass is 9.48. The Morgan fingerprint density at radius 2 is 1.93 bits per heavy atom. The van der Waals surface area contributed by atoms with Crippen molar-refractivity contribution in [1.82, 2.24) is 4.72 Å². The molecule has 4 fully saturated rings. The van der Waals surface area contributed by atoms with Crippen LogP contribution < -0.4 is 10.0 Å². The van der Waals surface area contributed by atoms with Crippen molar-refractivity contribution in [2.45, 2.75) is 44.2 Å². The molecule has 1 amide bonds. The summed E-state index contributed by atoms with van der Waals surface area (Å²) >= 11 is 1.22. The smallest absolute Gasteiger partial charge is 0.231 e. The first-order valence-corrected chi connectivity index (χ1v) is 11.9. The van der Waals surface area contributed by atoms with E-state index in [1.165, 1.54) is 11.3 Å². The number of nitrogens with one attached hydrogen (secondary N) is 2. The van der Waals surface area contributed by atoms with Gasteiger partial charge < -0.3 is 5.32 Å². The molecule has 2 unspecified atom stereocenters. The summed E-state index contributed by atoms with van der Waals surface area (Å²) in [6, 6.07) is 1.57. The highest BCUT2D eigenvalue weighted by Gasteiger charge is 2.61. The minimum atomic E-state index is -3.48. The van der Waals surface area contributed by atoms with Crippen molar-refractivity contribution in [3.63, 3.8) is 0 Å². The van der Waals surface area contributed by atoms with E-state index in [4.69, 9.17) is 0 Å². The van der Waals surface area contributed by atoms with E-state index in [1.54, 1.807) is 11.4 Å². The first kappa shape index (κ1) is 19.0. The van der Waals surface area contributed by atoms with Crippen molar-refractivity contribution in [2.24, 2.45) is 17.3 Å². The molecular formula is C18H23FN2O4S2. The Hall–Kier alpha value is -1.32. The van der Waals surface area contributed by atoms with Gasteiger partial charge in [-0.1, -0.05) is 0 Å². The van der Waals surface area contributed by atoms with E-state index < -0.39 is 26.9 Å². The molecule has 5 rings (SSSR count). The van der Waals surface area contributed by atoms with Crippen LogP contribution in [0.3, 0.4) is 0 Å². The van der Waals surface area contributed by atoms with Crippen LogP contribution in [0.25, 0.3) is 0 Å². The van der Waals surface area contributed by atoms with Gasteiger partial charge in [0.1, 0.15) is 10.7 Å². The molecular weight excluding hydrogens is 391 g/mol. The molecule has 4 bridgehead atoms. The molecule has 0 saturated heterocycles. The third-order valence-electron chi connectivity index (χ3n) is 6.16. The van der Waals surface area contributed by atoms with Crippen LogP contribution in [0.15, 0.2) is 11.4 Å². The largest absolute Gasteiger partial charge is 0.317 e. The van der Waals surface area contributed by atoms with Crippen molar-refractivity contribution < 1.29 is 22.4 Å². The minimum absolute atomic E-state index is 0.203. The topological polar surface area (TPSA) is 92.3 Å². The van der Waals surface area contributed by atoms with Gasteiger partial charge in [0, 0.05) is 0 Å². The van der Waals surface area contributed by atoms with Crippen LogP contribution in [0.1, 0.15) is 48.9 Å². The van der Waals surface area contributed by atoms with E-state index in [9.17, 15) is 18.0 Å². The van der Waals surface area contributed by atoms with E-state index >= 15 is 4.39 Å². The van der Waals surface area contributed by atoms with E-state index in [2.05, 4.69) is 10.0 Å². The lowest BCUT2D eigenvalue weighted by Crippen LogP contribution is -2.57. The van der Waals surface area contributed by atoms with Crippen LogP contribution in [0.2, 0.25) is 0 Å². The number of hydrogen-bond donors (Lipinski definition) is 2. The van der Waals surface area contributed by atoms with E-state index in [0.717, 1.165) is 12.7 Å². The van der Waals surface area contributed by atoms with Crippen molar-refractivity contribution in [3.8, 4) is 0 Å². The van der Waals surface area contributed by atoms with E-state index in [0.29, 0.717) is 30.7 Å². The molecule has 4 saturated carbocycles. The van der Waals surface area contributed by atoms with Crippen molar-refractivity contribution in [2.75, 3.05) is 18.1 Å². The second-order valence-corrected chi connectivity index (χ2v) is 11.3. The summed E-state index contributed by atoms with van der Waals surface area (Å²) in [6.07, 6.45) is 4.83. The number of rotatable bonds is 6. The maximum atomic E-state index is 15.1. The molecule has 0 spiro atoms. The number of carbonyl (C=O) groups is 2. The van der Waals surface area contributed by atoms with Gasteiger partial charge in [0.2, 0.25) is 15.9 Å². The molecule has 1 aromatic heterocycles. The summed E-state index contributed by atoms with van der Waals surface area (Å²) in [7, 11) is -3.48. The molecule has 0 aliphatic heterocycles. The van der Waals surface area contributed by atoms with Gasteiger partial charge >= 0.3 is 0 Å². The molecule has 6 nitrogen and oxygen atoms in total. The van der Waals surface area contributed by atoms with Gasteiger partial charge in [-0.2, -0.15) is 0 Å². The van der Waals surface area contributed by atoms with Crippen molar-refractivity contribution in [3.05, 3.63) is 17.0 Å². The number of Topliss-reactive ketones (excluding diaryl/α,β-unsaturated/α-hetero) is 1. The van der Waals surface area contributed by atoms with Gasteiger partial charge in [0.15, 0.2) is 5.78 Å². The number of halogens is 1. The third kappa shape index (κ3) is 3.69. The average molecular weight is 415 g/mol. The lowest BCUT2D eigenvalue weighted by molar-refractivity contribution is -0.155. The number of amides is 1. The summed E-state index contributed by atoms with van der Waals surface area (Å²) in [6.45, 7) is -0.360. The molecule has 4 aliphatic carbocycles. The zero-order chi connectivity index (χ0) is 19.4. The Morgan fingerprint density at radius 1 is 1.26 bits per heavy atom. The molecule has 0 radical (unpaired) electrons. The maximum absolute atomic E-state index is 15.1. The number of hydrogen-bond acceptors (Lipinski definition) is 5. The standard InChI is InChI=1S/C18H23FN2O4S2/c1-27(24,25)20-9-14(22)13-2-3-26-15(13)21-16(23)17-5-11-4-12(6-17)8-18(19,7-11)10-17/h2-3,11-12,20H,4-10H2,1H3,(H,21,23). The highest BCUT2D eigenvalue weighted by Crippen LogP contribution is 2.63. The lowest BCUT2D eigenvalue weighted by Gasteiger charge is -2.58. The Bertz CT molecular complexity index is 881. The van der Waals surface area contributed by atoms with Crippen LogP contribution in [0, 0.1) is 17.3 Å². The van der Waals surface area contributed by atoms with Gasteiger partial charge in [0.25, 0.3) is 0 Å². The third-order valence-corrected chi connectivity index (χ3v) is 7.66. The fraction of sp³-hybridized carbons (Fsp3) is 0.667. The minimum Gasteiger partial charge on any atom is -0.317 e. The number of alkyl halides is 1. The number of ketones is 1. The van der Waals surface area contributed by atoms with Gasteiger partial charge in [0.05, 0.1) is 23.8 Å². The zero-order valence-electron chi connectivity index (χ0n) is 15.1. The van der Waals surface area contributed by atoms with E-state index in [-0.39, 0.29) is 36.3 Å². The molecule has 9 heteroatoms. The highest BCUT2D eigenvalue weighted by atomic mass is 32.2. The SMILES string of the molecule is CS(=O)(=O)NCC(=O)c1ccsc1NC(=O)C12CC3CC(CC(F)(C3)C1)C2. The molecule has 27 heavy (non-hydrogen) atoms. The summed E-state index contributed by atoms with van der Waals surface area (Å²) in [4.78, 5) is 25.4. The summed E-state index contributed by atoms with van der Waals surface area (Å²) in [5.41, 5.74) is -1.63. The molecule has 4 aliphatic rings. The first-order valence-electron chi connectivity index (χ1n) is 9.13. The Morgan fingerprint density at radius 3 is 2.52 bits per heavy atom. The van der Waals surface area contributed by atoms with Crippen LogP contribution in [0.5, 0.6) is 0 Å². The molecule has 2 N–H and O–H groups in total. The molecule has 148 valence electrons. The summed E-state index contributed by atoms with van der Waals surface area (Å²) < 4.78 is 39.6. The fourth-order valence-electron chi connectivity index (χ4n) is 5.57. The van der Waals surface area contributed by atoms with Crippen LogP contribution in [-0.4, -0.2) is 38.6 Å². The zero-order valence-corrected chi connectivity index (χ0v) is 16.7. The predicted octanol–water partition coefficient (Wildman–Crippen LogP) is 2.73. The van der Waals surface area contributed by atoms with Gasteiger partial charge in [-0.25, -0.2) is 17.5 Å². The number of thiophene rings is 1. The fourth-order valence-corrected chi connectivity index (χ4v) is 6.76. The first-order chi connectivity index (χ1) is 12.6. The van der Waals surface area contributed by atoms with Gasteiger partial charge in [-0.05, 0) is 61.8 Å². The second-order valence-electron chi connectivity index (χ2n) is 8.53. The Kier molecular flexibility index (Phi) is 4.47. The quantitative estimate of drug-likeness (QED) is 0.700. The van der Waals surface area contributed by atoms with Crippen LogP contribution in [-0.2, 0) is 14.8 Å². The van der Waals surface area contributed by atoms with E-state index in [1.807, 2.05) is 0 Å². The molecule has 2 atom stereocenters. The molecule has 0 aromatic carbocycles. The van der Waals surface area contributed by atoms with Crippen molar-refractivity contribution in [1.29, 1.82) is 0 Å². The van der Waals surface area contributed by atoms with Crippen molar-refractivity contribution >= 4 is 38.1 Å². The Balaban J connectivity index is 1.50. The number of anilines is 1.